The van der Waals surface area contributed by atoms with Crippen LogP contribution in [-0.2, 0) is 0 Å². The van der Waals surface area contributed by atoms with Gasteiger partial charge in [-0.25, -0.2) is 9.78 Å². The first-order valence-electron chi connectivity index (χ1n) is 4.26. The standard InChI is InChI=1S/C10H5N3O3/c11-3-7-2-1-6(4-12-7)9-8(10(14)15)5-16-13-9/h1-2,4-5H,(H,14,15). The number of nitrogens with zero attached hydrogens (tertiary/aromatic N) is 3. The molecule has 2 aromatic rings. The number of carboxylic acid groups (broad SMARTS) is 1. The van der Waals surface area contributed by atoms with Gasteiger partial charge in [0, 0.05) is 11.8 Å². The third-order valence-electron chi connectivity index (χ3n) is 1.95. The highest BCUT2D eigenvalue weighted by Gasteiger charge is 2.16. The molecule has 0 aliphatic heterocycles. The van der Waals surface area contributed by atoms with Crippen LogP contribution in [0.5, 0.6) is 0 Å². The third kappa shape index (κ3) is 1.62. The molecular formula is C10H5N3O3. The molecule has 0 spiro atoms. The van der Waals surface area contributed by atoms with Gasteiger partial charge >= 0.3 is 5.97 Å². The maximum Gasteiger partial charge on any atom is 0.341 e. The normalized spacial score (nSPS) is 9.69. The van der Waals surface area contributed by atoms with E-state index in [2.05, 4.69) is 14.7 Å². The Labute approximate surface area is 89.8 Å². The fourth-order valence-electron chi connectivity index (χ4n) is 1.20. The summed E-state index contributed by atoms with van der Waals surface area (Å²) >= 11 is 0. The van der Waals surface area contributed by atoms with Gasteiger partial charge in [0.25, 0.3) is 0 Å². The van der Waals surface area contributed by atoms with Gasteiger partial charge in [-0.1, -0.05) is 5.16 Å². The molecule has 2 rings (SSSR count). The Morgan fingerprint density at radius 2 is 2.31 bits per heavy atom. The van der Waals surface area contributed by atoms with Crippen LogP contribution in [0.3, 0.4) is 0 Å². The first kappa shape index (κ1) is 9.86. The molecule has 0 fully saturated rings. The molecule has 0 aliphatic rings. The van der Waals surface area contributed by atoms with Crippen LogP contribution >= 0.6 is 0 Å². The zero-order chi connectivity index (χ0) is 11.5. The number of carbonyl (C=O) groups is 1. The van der Waals surface area contributed by atoms with Crippen molar-refractivity contribution in [2.75, 3.05) is 0 Å². The van der Waals surface area contributed by atoms with Crippen molar-refractivity contribution < 1.29 is 14.4 Å². The molecule has 0 saturated carbocycles. The van der Waals surface area contributed by atoms with Gasteiger partial charge < -0.3 is 9.63 Å². The summed E-state index contributed by atoms with van der Waals surface area (Å²) in [5.74, 6) is -1.12. The molecule has 0 aliphatic carbocycles. The molecule has 0 aromatic carbocycles. The summed E-state index contributed by atoms with van der Waals surface area (Å²) < 4.78 is 4.59. The Morgan fingerprint density at radius 1 is 1.50 bits per heavy atom. The second kappa shape index (κ2) is 3.82. The molecule has 6 nitrogen and oxygen atoms in total. The zero-order valence-corrected chi connectivity index (χ0v) is 7.91. The number of rotatable bonds is 2. The van der Waals surface area contributed by atoms with Crippen LogP contribution in [0.15, 0.2) is 29.1 Å². The van der Waals surface area contributed by atoms with E-state index in [-0.39, 0.29) is 17.0 Å². The van der Waals surface area contributed by atoms with E-state index in [1.807, 2.05) is 6.07 Å². The minimum Gasteiger partial charge on any atom is -0.477 e. The number of carboxylic acids is 1. The fraction of sp³-hybridized carbons (Fsp3) is 0. The van der Waals surface area contributed by atoms with E-state index in [1.54, 1.807) is 6.07 Å². The van der Waals surface area contributed by atoms with Gasteiger partial charge in [0.15, 0.2) is 0 Å². The van der Waals surface area contributed by atoms with Gasteiger partial charge in [0.1, 0.15) is 29.3 Å². The molecule has 0 saturated heterocycles. The van der Waals surface area contributed by atoms with E-state index in [4.69, 9.17) is 10.4 Å². The van der Waals surface area contributed by atoms with Crippen molar-refractivity contribution in [1.82, 2.24) is 10.1 Å². The molecule has 0 bridgehead atoms. The van der Waals surface area contributed by atoms with Crippen molar-refractivity contribution in [3.63, 3.8) is 0 Å². The maximum absolute atomic E-state index is 10.8. The quantitative estimate of drug-likeness (QED) is 0.810. The number of aromatic carboxylic acids is 1. The van der Waals surface area contributed by atoms with Crippen LogP contribution in [0.1, 0.15) is 16.1 Å². The first-order chi connectivity index (χ1) is 7.72. The predicted octanol–water partition coefficient (Wildman–Crippen LogP) is 1.31. The third-order valence-corrected chi connectivity index (χ3v) is 1.95. The summed E-state index contributed by atoms with van der Waals surface area (Å²) in [6.07, 6.45) is 2.43. The molecule has 0 amide bonds. The minimum absolute atomic E-state index is 0.0356. The number of aromatic nitrogens is 2. The average Bonchev–Trinajstić information content (AvgIpc) is 2.78. The molecular weight excluding hydrogens is 210 g/mol. The van der Waals surface area contributed by atoms with Crippen molar-refractivity contribution in [3.05, 3.63) is 35.9 Å². The van der Waals surface area contributed by atoms with Crippen LogP contribution in [0.25, 0.3) is 11.3 Å². The first-order valence-corrected chi connectivity index (χ1v) is 4.26. The lowest BCUT2D eigenvalue weighted by Gasteiger charge is -1.96. The topological polar surface area (TPSA) is 100 Å². The maximum atomic E-state index is 10.8. The van der Waals surface area contributed by atoms with Crippen molar-refractivity contribution >= 4 is 5.97 Å². The Bertz CT molecular complexity index is 566. The van der Waals surface area contributed by atoms with Crippen LogP contribution in [-0.4, -0.2) is 21.2 Å². The lowest BCUT2D eigenvalue weighted by atomic mass is 10.1. The number of nitriles is 1. The summed E-state index contributed by atoms with van der Waals surface area (Å²) in [4.78, 5) is 14.6. The molecule has 0 unspecified atom stereocenters. The molecule has 0 radical (unpaired) electrons. The van der Waals surface area contributed by atoms with Gasteiger partial charge in [-0.2, -0.15) is 5.26 Å². The number of hydrogen-bond acceptors (Lipinski definition) is 5. The van der Waals surface area contributed by atoms with E-state index in [1.165, 1.54) is 12.3 Å². The molecule has 0 atom stereocenters. The van der Waals surface area contributed by atoms with Crippen LogP contribution in [0.2, 0.25) is 0 Å². The number of hydrogen-bond donors (Lipinski definition) is 1. The summed E-state index contributed by atoms with van der Waals surface area (Å²) in [6.45, 7) is 0. The fourth-order valence-corrected chi connectivity index (χ4v) is 1.20. The number of pyridine rings is 1. The van der Waals surface area contributed by atoms with Crippen LogP contribution in [0.4, 0.5) is 0 Å². The lowest BCUT2D eigenvalue weighted by Crippen LogP contribution is -1.97. The Kier molecular flexibility index (Phi) is 2.36. The summed E-state index contributed by atoms with van der Waals surface area (Å²) in [6, 6.07) is 4.91. The molecule has 6 heteroatoms. The van der Waals surface area contributed by atoms with E-state index >= 15 is 0 Å². The highest BCUT2D eigenvalue weighted by Crippen LogP contribution is 2.21. The average molecular weight is 215 g/mol. The van der Waals surface area contributed by atoms with Crippen molar-refractivity contribution in [1.29, 1.82) is 5.26 Å². The Morgan fingerprint density at radius 3 is 2.88 bits per heavy atom. The van der Waals surface area contributed by atoms with E-state index in [9.17, 15) is 4.79 Å². The zero-order valence-electron chi connectivity index (χ0n) is 7.91. The molecule has 2 heterocycles. The van der Waals surface area contributed by atoms with Gasteiger partial charge in [-0.15, -0.1) is 0 Å². The summed E-state index contributed by atoms with van der Waals surface area (Å²) in [5.41, 5.74) is 0.908. The summed E-state index contributed by atoms with van der Waals surface area (Å²) in [7, 11) is 0. The van der Waals surface area contributed by atoms with Gasteiger partial charge in [0.05, 0.1) is 0 Å². The van der Waals surface area contributed by atoms with E-state index in [0.717, 1.165) is 6.26 Å². The monoisotopic (exact) mass is 215 g/mol. The summed E-state index contributed by atoms with van der Waals surface area (Å²) in [5, 5.41) is 21.0. The predicted molar refractivity (Wildman–Crippen MR) is 51.4 cm³/mol. The molecule has 2 aromatic heterocycles. The van der Waals surface area contributed by atoms with Crippen LogP contribution < -0.4 is 0 Å². The van der Waals surface area contributed by atoms with Crippen LogP contribution in [0, 0.1) is 11.3 Å². The largest absolute Gasteiger partial charge is 0.477 e. The van der Waals surface area contributed by atoms with Crippen molar-refractivity contribution in [2.24, 2.45) is 0 Å². The van der Waals surface area contributed by atoms with Gasteiger partial charge in [-0.05, 0) is 12.1 Å². The lowest BCUT2D eigenvalue weighted by molar-refractivity contribution is 0.0697. The molecule has 16 heavy (non-hydrogen) atoms. The SMILES string of the molecule is N#Cc1ccc(-c2nocc2C(=O)O)cn1. The van der Waals surface area contributed by atoms with E-state index in [0.29, 0.717) is 5.56 Å². The minimum atomic E-state index is -1.12. The van der Waals surface area contributed by atoms with E-state index < -0.39 is 5.97 Å². The second-order valence-electron chi connectivity index (χ2n) is 2.93. The Hall–Kier alpha value is -2.68. The second-order valence-corrected chi connectivity index (χ2v) is 2.93. The Balaban J connectivity index is 2.47. The highest BCUT2D eigenvalue weighted by atomic mass is 16.5. The highest BCUT2D eigenvalue weighted by molar-refractivity contribution is 5.94. The molecule has 78 valence electrons. The van der Waals surface area contributed by atoms with Gasteiger partial charge in [0.2, 0.25) is 0 Å². The van der Waals surface area contributed by atoms with Crippen molar-refractivity contribution in [3.8, 4) is 17.3 Å². The smallest absolute Gasteiger partial charge is 0.341 e. The van der Waals surface area contributed by atoms with Gasteiger partial charge in [-0.3, -0.25) is 0 Å². The molecule has 1 N–H and O–H groups in total. The van der Waals surface area contributed by atoms with Crippen molar-refractivity contribution in [2.45, 2.75) is 0 Å².